The molecule has 0 bridgehead atoms. The molecule has 0 aliphatic rings. The minimum atomic E-state index is -0.601. The van der Waals surface area contributed by atoms with E-state index in [-0.39, 0.29) is 5.91 Å². The second-order valence-corrected chi connectivity index (χ2v) is 12.9. The van der Waals surface area contributed by atoms with Crippen LogP contribution in [0.1, 0.15) is 30.6 Å². The number of hydrogen-bond acceptors (Lipinski definition) is 5. The van der Waals surface area contributed by atoms with E-state index in [4.69, 9.17) is 0 Å². The summed E-state index contributed by atoms with van der Waals surface area (Å²) in [4.78, 5) is 25.1. The van der Waals surface area contributed by atoms with Crippen LogP contribution in [0.2, 0.25) is 15.6 Å². The maximum atomic E-state index is 11.7. The third-order valence-electron chi connectivity index (χ3n) is 4.75. The quantitative estimate of drug-likeness (QED) is 0.391. The molecule has 1 amide bonds. The Hall–Kier alpha value is -2.40. The number of carbonyl (C=O) groups excluding carboxylic acids is 1. The summed E-state index contributed by atoms with van der Waals surface area (Å²) in [6.07, 6.45) is 4.65. The van der Waals surface area contributed by atoms with Gasteiger partial charge in [0, 0.05) is 7.05 Å². The number of aromatic nitrogens is 4. The molecule has 148 valence electrons. The molecule has 3 rings (SSSR count). The van der Waals surface area contributed by atoms with Crippen molar-refractivity contribution in [1.29, 1.82) is 0 Å². The van der Waals surface area contributed by atoms with Gasteiger partial charge in [-0.25, -0.2) is 0 Å². The van der Waals surface area contributed by atoms with E-state index in [9.17, 15) is 4.79 Å². The fourth-order valence-electron chi connectivity index (χ4n) is 3.04. The summed E-state index contributed by atoms with van der Waals surface area (Å²) in [6.45, 7) is 5.53. The summed E-state index contributed by atoms with van der Waals surface area (Å²) in [5.41, 5.74) is 3.01. The number of imidazole rings is 1. The van der Waals surface area contributed by atoms with E-state index in [2.05, 4.69) is 39.4 Å². The first-order valence-corrected chi connectivity index (χ1v) is 13.6. The Bertz CT molecular complexity index is 920. The number of carbonyl (C=O) groups is 1. The molecule has 28 heavy (non-hydrogen) atoms. The van der Waals surface area contributed by atoms with Crippen molar-refractivity contribution in [3.8, 4) is 5.69 Å². The molecule has 2 N–H and O–H groups in total. The standard InChI is InChI=1S/C20H27AsN6O/c1-4-21(5-2)11-6-12-23-20-24-13-17-18(26-20)27(14-25-17)16-9-7-15(8-10-16)19(28)22-3/h7-10,13-14H,4-6,11-12H2,1-3H3,(H,22,28)(H,23,24,26). The van der Waals surface area contributed by atoms with Crippen LogP contribution in [-0.4, -0.2) is 53.7 Å². The first-order chi connectivity index (χ1) is 13.7. The molecule has 0 saturated heterocycles. The summed E-state index contributed by atoms with van der Waals surface area (Å²) in [7, 11) is 1.62. The van der Waals surface area contributed by atoms with E-state index in [1.165, 1.54) is 22.0 Å². The van der Waals surface area contributed by atoms with E-state index in [1.54, 1.807) is 31.7 Å². The van der Waals surface area contributed by atoms with Crippen LogP contribution < -0.4 is 10.6 Å². The van der Waals surface area contributed by atoms with Gasteiger partial charge >= 0.3 is 147 Å². The van der Waals surface area contributed by atoms with Gasteiger partial charge < -0.3 is 5.32 Å². The molecule has 0 aliphatic heterocycles. The third kappa shape index (κ3) is 4.71. The van der Waals surface area contributed by atoms with E-state index in [1.807, 2.05) is 16.7 Å². The van der Waals surface area contributed by atoms with Gasteiger partial charge in [0.15, 0.2) is 0 Å². The second kappa shape index (κ2) is 9.69. The van der Waals surface area contributed by atoms with Crippen LogP contribution in [0.4, 0.5) is 5.95 Å². The molecule has 0 fully saturated rings. The van der Waals surface area contributed by atoms with Gasteiger partial charge in [0.1, 0.15) is 0 Å². The third-order valence-corrected chi connectivity index (χ3v) is 10.5. The molecule has 1 aromatic carbocycles. The van der Waals surface area contributed by atoms with Crippen molar-refractivity contribution in [1.82, 2.24) is 24.8 Å². The van der Waals surface area contributed by atoms with Crippen LogP contribution in [0.5, 0.6) is 0 Å². The fraction of sp³-hybridized carbons (Fsp3) is 0.400. The number of anilines is 1. The van der Waals surface area contributed by atoms with Crippen LogP contribution in [0.3, 0.4) is 0 Å². The zero-order valence-corrected chi connectivity index (χ0v) is 18.5. The van der Waals surface area contributed by atoms with E-state index in [0.717, 1.165) is 23.4 Å². The Morgan fingerprint density at radius 3 is 2.57 bits per heavy atom. The summed E-state index contributed by atoms with van der Waals surface area (Å²) in [5.74, 6) is 0.524. The van der Waals surface area contributed by atoms with E-state index >= 15 is 0 Å². The Labute approximate surface area is 170 Å². The monoisotopic (exact) mass is 442 g/mol. The maximum absolute atomic E-state index is 11.7. The number of nitrogens with zero attached hydrogens (tertiary/aromatic N) is 4. The molecular weight excluding hydrogens is 415 g/mol. The predicted molar refractivity (Wildman–Crippen MR) is 115 cm³/mol. The Morgan fingerprint density at radius 2 is 1.89 bits per heavy atom. The van der Waals surface area contributed by atoms with Crippen molar-refractivity contribution >= 4 is 37.7 Å². The first-order valence-electron chi connectivity index (χ1n) is 9.65. The molecule has 3 aromatic rings. The van der Waals surface area contributed by atoms with Crippen molar-refractivity contribution < 1.29 is 4.79 Å². The summed E-state index contributed by atoms with van der Waals surface area (Å²) < 4.78 is 1.91. The van der Waals surface area contributed by atoms with Gasteiger partial charge in [0.2, 0.25) is 0 Å². The van der Waals surface area contributed by atoms with E-state index in [0.29, 0.717) is 11.5 Å². The Kier molecular flexibility index (Phi) is 7.04. The SMILES string of the molecule is CC[As](CC)CCCNc1ncc2ncn(-c3ccc(C(=O)NC)cc3)c2n1. The average Bonchev–Trinajstić information content (AvgIpc) is 3.16. The van der Waals surface area contributed by atoms with Gasteiger partial charge in [-0.15, -0.1) is 0 Å². The Balaban J connectivity index is 1.72. The normalized spacial score (nSPS) is 11.1. The van der Waals surface area contributed by atoms with Gasteiger partial charge in [-0.2, -0.15) is 0 Å². The van der Waals surface area contributed by atoms with Gasteiger partial charge in [-0.3, -0.25) is 4.79 Å². The van der Waals surface area contributed by atoms with Gasteiger partial charge in [0.25, 0.3) is 5.91 Å². The number of rotatable bonds is 9. The van der Waals surface area contributed by atoms with Crippen molar-refractivity contribution in [3.63, 3.8) is 0 Å². The minimum absolute atomic E-state index is 0.104. The molecule has 2 aromatic heterocycles. The number of benzene rings is 1. The molecule has 7 nitrogen and oxygen atoms in total. The molecule has 0 radical (unpaired) electrons. The van der Waals surface area contributed by atoms with Crippen LogP contribution >= 0.6 is 0 Å². The van der Waals surface area contributed by atoms with Crippen molar-refractivity contribution in [2.24, 2.45) is 0 Å². The second-order valence-electron chi connectivity index (χ2n) is 6.45. The number of fused-ring (bicyclic) bond motifs is 1. The summed E-state index contributed by atoms with van der Waals surface area (Å²) in [6, 6.07) is 7.37. The van der Waals surface area contributed by atoms with Crippen LogP contribution in [0, 0.1) is 0 Å². The van der Waals surface area contributed by atoms with Crippen LogP contribution in [0.25, 0.3) is 16.9 Å². The molecule has 0 saturated carbocycles. The number of hydrogen-bond donors (Lipinski definition) is 2. The number of nitrogens with one attached hydrogen (secondary N) is 2. The van der Waals surface area contributed by atoms with Gasteiger partial charge in [-0.05, 0) is 0 Å². The number of amides is 1. The zero-order valence-electron chi connectivity index (χ0n) is 16.6. The van der Waals surface area contributed by atoms with Crippen LogP contribution in [-0.2, 0) is 0 Å². The average molecular weight is 442 g/mol. The van der Waals surface area contributed by atoms with Crippen molar-refractivity contribution in [2.75, 3.05) is 18.9 Å². The summed E-state index contributed by atoms with van der Waals surface area (Å²) >= 11 is -0.601. The summed E-state index contributed by atoms with van der Waals surface area (Å²) in [5, 5.41) is 10.1. The molecule has 0 spiro atoms. The molecule has 2 heterocycles. The van der Waals surface area contributed by atoms with Crippen molar-refractivity contribution in [3.05, 3.63) is 42.4 Å². The molecule has 0 unspecified atom stereocenters. The first kappa shape index (κ1) is 20.3. The molecule has 0 aliphatic carbocycles. The zero-order chi connectivity index (χ0) is 19.9. The molecule has 0 atom stereocenters. The van der Waals surface area contributed by atoms with Crippen LogP contribution in [0.15, 0.2) is 36.8 Å². The van der Waals surface area contributed by atoms with Gasteiger partial charge in [0.05, 0.1) is 0 Å². The predicted octanol–water partition coefficient (Wildman–Crippen LogP) is 3.51. The van der Waals surface area contributed by atoms with Gasteiger partial charge in [-0.1, -0.05) is 0 Å². The topological polar surface area (TPSA) is 84.7 Å². The molecular formula is C20H27AsN6O. The Morgan fingerprint density at radius 1 is 1.14 bits per heavy atom. The molecule has 8 heteroatoms. The fourth-order valence-corrected chi connectivity index (χ4v) is 6.58. The van der Waals surface area contributed by atoms with Crippen molar-refractivity contribution in [2.45, 2.75) is 35.9 Å². The van der Waals surface area contributed by atoms with E-state index < -0.39 is 14.7 Å².